The van der Waals surface area contributed by atoms with Gasteiger partial charge < -0.3 is 9.47 Å². The monoisotopic (exact) mass is 399 g/mol. The first-order valence-electron chi connectivity index (χ1n) is 6.26. The van der Waals surface area contributed by atoms with Gasteiger partial charge in [-0.25, -0.2) is 4.99 Å². The predicted molar refractivity (Wildman–Crippen MR) is 97.9 cm³/mol. The average Bonchev–Trinajstić information content (AvgIpc) is 2.84. The largest absolute Gasteiger partial charge is 0.493 e. The molecule has 0 atom stereocenters. The van der Waals surface area contributed by atoms with Crippen LogP contribution in [0.4, 0.5) is 0 Å². The molecule has 0 amide bonds. The average molecular weight is 400 g/mol. The molecule has 2 rings (SSSR count). The Balaban J connectivity index is 2.40. The fourth-order valence-corrected chi connectivity index (χ4v) is 3.85. The Hall–Kier alpha value is -1.18. The van der Waals surface area contributed by atoms with E-state index in [1.165, 1.54) is 11.8 Å². The van der Waals surface area contributed by atoms with E-state index in [0.717, 1.165) is 31.9 Å². The Morgan fingerprint density at radius 3 is 2.82 bits per heavy atom. The number of carbonyl (C=O) groups excluding carboxylic acids is 1. The van der Waals surface area contributed by atoms with Gasteiger partial charge >= 0.3 is 0 Å². The Morgan fingerprint density at radius 1 is 1.41 bits per heavy atom. The van der Waals surface area contributed by atoms with E-state index in [4.69, 9.17) is 9.47 Å². The molecule has 1 aromatic carbocycles. The number of hydrogen-bond acceptors (Lipinski definition) is 6. The molecule has 7 heteroatoms. The lowest BCUT2D eigenvalue weighted by Gasteiger charge is -2.11. The summed E-state index contributed by atoms with van der Waals surface area (Å²) in [6, 6.07) is 3.66. The molecule has 1 aliphatic heterocycles. The van der Waals surface area contributed by atoms with Gasteiger partial charge in [-0.15, -0.1) is 6.58 Å². The molecular formula is C15H14BrNO3S2. The van der Waals surface area contributed by atoms with Gasteiger partial charge in [0.2, 0.25) is 5.12 Å². The van der Waals surface area contributed by atoms with Gasteiger partial charge in [0.25, 0.3) is 0 Å². The molecule has 4 nitrogen and oxygen atoms in total. The minimum atomic E-state index is -0.0763. The number of hydrogen-bond donors (Lipinski definition) is 0. The number of thioether (sulfide) groups is 2. The number of methoxy groups -OCH3 is 2. The topological polar surface area (TPSA) is 47.9 Å². The summed E-state index contributed by atoms with van der Waals surface area (Å²) in [6.45, 7) is 3.66. The highest BCUT2D eigenvalue weighted by Gasteiger charge is 2.23. The minimum absolute atomic E-state index is 0.0763. The van der Waals surface area contributed by atoms with Crippen LogP contribution in [0.1, 0.15) is 5.56 Å². The standard InChI is InChI=1S/C15H14BrNO3S2/c1-4-5-21-15-17-11(14(18)22-15)7-9-6-10(16)8-12(19-2)13(9)20-3/h4,6-8H,1,5H2,2-3H3/b11-7-. The first-order chi connectivity index (χ1) is 10.6. The van der Waals surface area contributed by atoms with Crippen molar-refractivity contribution in [1.29, 1.82) is 0 Å². The second-order valence-corrected chi connectivity index (χ2v) is 7.27. The molecule has 0 N–H and O–H groups in total. The summed E-state index contributed by atoms with van der Waals surface area (Å²) in [5.74, 6) is 1.88. The quantitative estimate of drug-likeness (QED) is 0.543. The van der Waals surface area contributed by atoms with Crippen molar-refractivity contribution < 1.29 is 14.3 Å². The zero-order valence-electron chi connectivity index (χ0n) is 12.1. The smallest absolute Gasteiger partial charge is 0.244 e. The van der Waals surface area contributed by atoms with Crippen molar-refractivity contribution >= 4 is 55.0 Å². The maximum Gasteiger partial charge on any atom is 0.244 e. The second kappa shape index (κ2) is 7.89. The van der Waals surface area contributed by atoms with Crippen LogP contribution in [0.15, 0.2) is 39.9 Å². The van der Waals surface area contributed by atoms with Gasteiger partial charge in [-0.1, -0.05) is 33.8 Å². The van der Waals surface area contributed by atoms with Crippen molar-refractivity contribution in [3.8, 4) is 11.5 Å². The summed E-state index contributed by atoms with van der Waals surface area (Å²) in [4.78, 5) is 16.4. The summed E-state index contributed by atoms with van der Waals surface area (Å²) < 4.78 is 12.2. The van der Waals surface area contributed by atoms with Gasteiger partial charge in [0.15, 0.2) is 11.5 Å². The highest BCUT2D eigenvalue weighted by molar-refractivity contribution is 9.10. The van der Waals surface area contributed by atoms with E-state index >= 15 is 0 Å². The fraction of sp³-hybridized carbons (Fsp3) is 0.200. The molecule has 1 heterocycles. The van der Waals surface area contributed by atoms with Crippen LogP contribution in [-0.4, -0.2) is 29.5 Å². The predicted octanol–water partition coefficient (Wildman–Crippen LogP) is 4.36. The summed E-state index contributed by atoms with van der Waals surface area (Å²) in [5, 5.41) is -0.0763. The molecule has 0 saturated heterocycles. The van der Waals surface area contributed by atoms with Crippen molar-refractivity contribution in [2.24, 2.45) is 4.99 Å². The van der Waals surface area contributed by atoms with Gasteiger partial charge in [-0.2, -0.15) is 0 Å². The Bertz CT molecular complexity index is 671. The van der Waals surface area contributed by atoms with E-state index in [0.29, 0.717) is 17.2 Å². The number of aliphatic imine (C=N–C) groups is 1. The lowest BCUT2D eigenvalue weighted by molar-refractivity contribution is -0.107. The number of nitrogens with zero attached hydrogens (tertiary/aromatic N) is 1. The highest BCUT2D eigenvalue weighted by Crippen LogP contribution is 2.38. The SMILES string of the molecule is C=CCSC1=N/C(=C\c2cc(Br)cc(OC)c2OC)C(=O)S1. The molecule has 0 aliphatic carbocycles. The number of ether oxygens (including phenoxy) is 2. The molecule has 0 aromatic heterocycles. The van der Waals surface area contributed by atoms with Crippen LogP contribution in [0.3, 0.4) is 0 Å². The number of carbonyl (C=O) groups is 1. The zero-order chi connectivity index (χ0) is 16.1. The van der Waals surface area contributed by atoms with Gasteiger partial charge in [0.05, 0.1) is 14.2 Å². The van der Waals surface area contributed by atoms with Crippen LogP contribution in [0.2, 0.25) is 0 Å². The maximum absolute atomic E-state index is 12.0. The van der Waals surface area contributed by atoms with Gasteiger partial charge in [-0.3, -0.25) is 4.79 Å². The van der Waals surface area contributed by atoms with Gasteiger partial charge in [-0.05, 0) is 30.0 Å². The maximum atomic E-state index is 12.0. The van der Waals surface area contributed by atoms with Crippen LogP contribution in [0.5, 0.6) is 11.5 Å². The normalized spacial score (nSPS) is 15.9. The molecule has 0 saturated carbocycles. The van der Waals surface area contributed by atoms with Crippen LogP contribution >= 0.6 is 39.5 Å². The molecule has 1 aliphatic rings. The number of rotatable bonds is 5. The lowest BCUT2D eigenvalue weighted by Crippen LogP contribution is -1.95. The molecular weight excluding hydrogens is 386 g/mol. The summed E-state index contributed by atoms with van der Waals surface area (Å²) in [6.07, 6.45) is 3.49. The van der Waals surface area contributed by atoms with Gasteiger partial charge in [0, 0.05) is 15.8 Å². The fourth-order valence-electron chi connectivity index (χ4n) is 1.79. The van der Waals surface area contributed by atoms with Crippen molar-refractivity contribution in [2.75, 3.05) is 20.0 Å². The highest BCUT2D eigenvalue weighted by atomic mass is 79.9. The molecule has 22 heavy (non-hydrogen) atoms. The van der Waals surface area contributed by atoms with Crippen LogP contribution in [-0.2, 0) is 4.79 Å². The van der Waals surface area contributed by atoms with Crippen LogP contribution in [0.25, 0.3) is 6.08 Å². The molecule has 0 radical (unpaired) electrons. The first kappa shape index (κ1) is 17.2. The Labute approximate surface area is 146 Å². The molecule has 0 bridgehead atoms. The van der Waals surface area contributed by atoms with Crippen molar-refractivity contribution in [2.45, 2.75) is 0 Å². The van der Waals surface area contributed by atoms with E-state index in [-0.39, 0.29) is 5.12 Å². The Kier molecular flexibility index (Phi) is 6.16. The molecule has 0 fully saturated rings. The van der Waals surface area contributed by atoms with E-state index in [9.17, 15) is 4.79 Å². The lowest BCUT2D eigenvalue weighted by atomic mass is 10.1. The number of benzene rings is 1. The Morgan fingerprint density at radius 2 is 2.18 bits per heavy atom. The van der Waals surface area contributed by atoms with E-state index < -0.39 is 0 Å². The van der Waals surface area contributed by atoms with Crippen molar-refractivity contribution in [1.82, 2.24) is 0 Å². The summed E-state index contributed by atoms with van der Waals surface area (Å²) in [5.41, 5.74) is 1.13. The third-order valence-electron chi connectivity index (χ3n) is 2.69. The summed E-state index contributed by atoms with van der Waals surface area (Å²) in [7, 11) is 3.13. The number of halogens is 1. The van der Waals surface area contributed by atoms with Crippen LogP contribution in [0, 0.1) is 0 Å². The second-order valence-electron chi connectivity index (χ2n) is 4.13. The first-order valence-corrected chi connectivity index (χ1v) is 8.86. The summed E-state index contributed by atoms with van der Waals surface area (Å²) >= 11 is 6.05. The van der Waals surface area contributed by atoms with Crippen LogP contribution < -0.4 is 9.47 Å². The van der Waals surface area contributed by atoms with E-state index in [1.807, 2.05) is 6.07 Å². The molecule has 0 spiro atoms. The third kappa shape index (κ3) is 3.97. The minimum Gasteiger partial charge on any atom is -0.493 e. The van der Waals surface area contributed by atoms with E-state index in [2.05, 4.69) is 27.5 Å². The molecule has 116 valence electrons. The van der Waals surface area contributed by atoms with E-state index in [1.54, 1.807) is 32.4 Å². The molecule has 1 aromatic rings. The van der Waals surface area contributed by atoms with Gasteiger partial charge in [0.1, 0.15) is 10.1 Å². The van der Waals surface area contributed by atoms with Crippen molar-refractivity contribution in [3.63, 3.8) is 0 Å². The third-order valence-corrected chi connectivity index (χ3v) is 5.15. The molecule has 0 unspecified atom stereocenters. The van der Waals surface area contributed by atoms with Crippen molar-refractivity contribution in [3.05, 3.63) is 40.5 Å². The zero-order valence-corrected chi connectivity index (χ0v) is 15.3.